The molecule has 1 aliphatic rings. The molecule has 1 saturated heterocycles. The quantitative estimate of drug-likeness (QED) is 0.937. The second-order valence-electron chi connectivity index (χ2n) is 5.74. The van der Waals surface area contributed by atoms with Crippen LogP contribution in [0.2, 0.25) is 0 Å². The summed E-state index contributed by atoms with van der Waals surface area (Å²) in [5.41, 5.74) is 4.03. The van der Waals surface area contributed by atoms with Gasteiger partial charge in [0, 0.05) is 32.0 Å². The van der Waals surface area contributed by atoms with E-state index < -0.39 is 0 Å². The van der Waals surface area contributed by atoms with Gasteiger partial charge in [-0.15, -0.1) is 0 Å². The van der Waals surface area contributed by atoms with Crippen molar-refractivity contribution in [2.45, 2.75) is 19.4 Å². The van der Waals surface area contributed by atoms with Crippen LogP contribution < -0.4 is 5.32 Å². The maximum atomic E-state index is 4.17. The van der Waals surface area contributed by atoms with Gasteiger partial charge in [-0.05, 0) is 43.1 Å². The van der Waals surface area contributed by atoms with Gasteiger partial charge in [0.1, 0.15) is 0 Å². The molecule has 1 aromatic heterocycles. The van der Waals surface area contributed by atoms with Crippen LogP contribution in [0.5, 0.6) is 0 Å². The highest BCUT2D eigenvalue weighted by Crippen LogP contribution is 2.29. The Labute approximate surface area is 127 Å². The number of hydrogen-bond donors (Lipinski definition) is 1. The van der Waals surface area contributed by atoms with Crippen molar-refractivity contribution in [2.24, 2.45) is 0 Å². The Morgan fingerprint density at radius 2 is 1.90 bits per heavy atom. The number of aryl methyl sites for hydroxylation is 1. The topological polar surface area (TPSA) is 28.2 Å². The smallest absolute Gasteiger partial charge is 0.0603 e. The van der Waals surface area contributed by atoms with Gasteiger partial charge in [-0.25, -0.2) is 0 Å². The molecule has 1 fully saturated rings. The van der Waals surface area contributed by atoms with Gasteiger partial charge in [0.2, 0.25) is 0 Å². The van der Waals surface area contributed by atoms with E-state index in [9.17, 15) is 0 Å². The average Bonchev–Trinajstić information content (AvgIpc) is 2.78. The van der Waals surface area contributed by atoms with Crippen LogP contribution in [-0.4, -0.2) is 36.1 Å². The fourth-order valence-electron chi connectivity index (χ4n) is 3.12. The Bertz CT molecular complexity index is 560. The van der Waals surface area contributed by atoms with E-state index in [-0.39, 0.29) is 0 Å². The molecule has 3 heteroatoms. The first-order valence-corrected chi connectivity index (χ1v) is 7.76. The zero-order valence-corrected chi connectivity index (χ0v) is 12.6. The van der Waals surface area contributed by atoms with E-state index in [1.807, 2.05) is 12.4 Å². The molecule has 1 atom stereocenters. The van der Waals surface area contributed by atoms with Crippen LogP contribution in [0.4, 0.5) is 0 Å². The van der Waals surface area contributed by atoms with Gasteiger partial charge in [-0.3, -0.25) is 9.88 Å². The molecule has 2 aromatic rings. The van der Waals surface area contributed by atoms with Crippen molar-refractivity contribution in [1.29, 1.82) is 0 Å². The third-order valence-corrected chi connectivity index (χ3v) is 4.12. The van der Waals surface area contributed by atoms with Crippen molar-refractivity contribution < 1.29 is 0 Å². The third-order valence-electron chi connectivity index (χ3n) is 4.12. The summed E-state index contributed by atoms with van der Waals surface area (Å²) in [7, 11) is 0. The summed E-state index contributed by atoms with van der Waals surface area (Å²) >= 11 is 0. The summed E-state index contributed by atoms with van der Waals surface area (Å²) < 4.78 is 0. The maximum Gasteiger partial charge on any atom is 0.0603 e. The van der Waals surface area contributed by atoms with Crippen LogP contribution in [0.3, 0.4) is 0 Å². The van der Waals surface area contributed by atoms with Crippen LogP contribution in [0.15, 0.2) is 48.8 Å². The highest BCUT2D eigenvalue weighted by molar-refractivity contribution is 5.33. The SMILES string of the molecule is Cc1cccc(C(c2ccncc2)N2CCCNCC2)c1. The summed E-state index contributed by atoms with van der Waals surface area (Å²) in [5.74, 6) is 0. The van der Waals surface area contributed by atoms with Gasteiger partial charge in [0.15, 0.2) is 0 Å². The Balaban J connectivity index is 1.98. The minimum atomic E-state index is 0.327. The molecule has 0 spiro atoms. The van der Waals surface area contributed by atoms with Gasteiger partial charge in [-0.1, -0.05) is 29.8 Å². The van der Waals surface area contributed by atoms with Crippen molar-refractivity contribution in [3.8, 4) is 0 Å². The van der Waals surface area contributed by atoms with Crippen molar-refractivity contribution in [3.63, 3.8) is 0 Å². The molecule has 0 amide bonds. The first-order valence-electron chi connectivity index (χ1n) is 7.76. The normalized spacial score (nSPS) is 18.1. The van der Waals surface area contributed by atoms with Gasteiger partial charge in [-0.2, -0.15) is 0 Å². The summed E-state index contributed by atoms with van der Waals surface area (Å²) in [6.45, 7) is 6.56. The van der Waals surface area contributed by atoms with E-state index >= 15 is 0 Å². The number of hydrogen-bond acceptors (Lipinski definition) is 3. The molecule has 1 unspecified atom stereocenters. The van der Waals surface area contributed by atoms with Gasteiger partial charge < -0.3 is 5.32 Å². The molecule has 1 aliphatic heterocycles. The number of nitrogens with one attached hydrogen (secondary N) is 1. The largest absolute Gasteiger partial charge is 0.315 e. The Kier molecular flexibility index (Phi) is 4.63. The summed E-state index contributed by atoms with van der Waals surface area (Å²) in [4.78, 5) is 6.76. The van der Waals surface area contributed by atoms with E-state index in [0.717, 1.165) is 26.2 Å². The highest BCUT2D eigenvalue weighted by Gasteiger charge is 2.23. The number of nitrogens with zero attached hydrogens (tertiary/aromatic N) is 2. The first kappa shape index (κ1) is 14.2. The molecule has 0 bridgehead atoms. The third kappa shape index (κ3) is 3.49. The van der Waals surface area contributed by atoms with Gasteiger partial charge in [0.25, 0.3) is 0 Å². The molecule has 2 heterocycles. The molecule has 0 aliphatic carbocycles. The average molecular weight is 281 g/mol. The first-order chi connectivity index (χ1) is 10.3. The molecule has 3 rings (SSSR count). The highest BCUT2D eigenvalue weighted by atomic mass is 15.2. The van der Waals surface area contributed by atoms with E-state index in [4.69, 9.17) is 0 Å². The second-order valence-corrected chi connectivity index (χ2v) is 5.74. The predicted molar refractivity (Wildman–Crippen MR) is 86.3 cm³/mol. The minimum Gasteiger partial charge on any atom is -0.315 e. The summed E-state index contributed by atoms with van der Waals surface area (Å²) in [6, 6.07) is 13.5. The van der Waals surface area contributed by atoms with Crippen molar-refractivity contribution >= 4 is 0 Å². The van der Waals surface area contributed by atoms with E-state index in [1.54, 1.807) is 0 Å². The van der Waals surface area contributed by atoms with Crippen LogP contribution in [0.25, 0.3) is 0 Å². The molecule has 3 nitrogen and oxygen atoms in total. The molecular formula is C18H23N3. The number of benzene rings is 1. The molecule has 110 valence electrons. The van der Waals surface area contributed by atoms with Crippen molar-refractivity contribution in [2.75, 3.05) is 26.2 Å². The van der Waals surface area contributed by atoms with Gasteiger partial charge >= 0.3 is 0 Å². The Morgan fingerprint density at radius 1 is 1.05 bits per heavy atom. The molecule has 0 radical (unpaired) electrons. The number of aromatic nitrogens is 1. The van der Waals surface area contributed by atoms with E-state index in [2.05, 4.69) is 58.5 Å². The number of rotatable bonds is 3. The van der Waals surface area contributed by atoms with E-state index in [0.29, 0.717) is 6.04 Å². The minimum absolute atomic E-state index is 0.327. The standard InChI is InChI=1S/C18H23N3/c1-15-4-2-5-17(14-15)18(16-6-9-20-10-7-16)21-12-3-8-19-11-13-21/h2,4-7,9-10,14,18-19H,3,8,11-13H2,1H3. The van der Waals surface area contributed by atoms with Crippen LogP contribution in [0, 0.1) is 6.92 Å². The predicted octanol–water partition coefficient (Wildman–Crippen LogP) is 2.77. The maximum absolute atomic E-state index is 4.17. The molecule has 0 saturated carbocycles. The summed E-state index contributed by atoms with van der Waals surface area (Å²) in [6.07, 6.45) is 5.00. The molecular weight excluding hydrogens is 258 g/mol. The monoisotopic (exact) mass is 281 g/mol. The second kappa shape index (κ2) is 6.83. The fraction of sp³-hybridized carbons (Fsp3) is 0.389. The fourth-order valence-corrected chi connectivity index (χ4v) is 3.12. The number of pyridine rings is 1. The lowest BCUT2D eigenvalue weighted by Crippen LogP contribution is -2.33. The lowest BCUT2D eigenvalue weighted by Gasteiger charge is -2.31. The molecule has 1 aromatic carbocycles. The lowest BCUT2D eigenvalue weighted by molar-refractivity contribution is 0.241. The van der Waals surface area contributed by atoms with Crippen molar-refractivity contribution in [3.05, 3.63) is 65.5 Å². The van der Waals surface area contributed by atoms with Crippen LogP contribution in [-0.2, 0) is 0 Å². The zero-order chi connectivity index (χ0) is 14.5. The summed E-state index contributed by atoms with van der Waals surface area (Å²) in [5, 5.41) is 3.49. The van der Waals surface area contributed by atoms with Crippen molar-refractivity contribution in [1.82, 2.24) is 15.2 Å². The molecule has 1 N–H and O–H groups in total. The van der Waals surface area contributed by atoms with Crippen LogP contribution in [0.1, 0.15) is 29.2 Å². The zero-order valence-electron chi connectivity index (χ0n) is 12.6. The Morgan fingerprint density at radius 3 is 2.71 bits per heavy atom. The van der Waals surface area contributed by atoms with Gasteiger partial charge in [0.05, 0.1) is 6.04 Å². The van der Waals surface area contributed by atoms with E-state index in [1.165, 1.54) is 23.1 Å². The molecule has 21 heavy (non-hydrogen) atoms. The Hall–Kier alpha value is -1.71. The van der Waals surface area contributed by atoms with Crippen LogP contribution >= 0.6 is 0 Å². The lowest BCUT2D eigenvalue weighted by atomic mass is 9.96.